The number of amides is 2. The molecule has 5 rings (SSSR count). The first kappa shape index (κ1) is 14.8. The van der Waals surface area contributed by atoms with Gasteiger partial charge in [-0.05, 0) is 30.3 Å². The minimum atomic E-state index is -0.997. The molecule has 24 heavy (non-hydrogen) atoms. The van der Waals surface area contributed by atoms with Gasteiger partial charge in [0.2, 0.25) is 11.8 Å². The highest BCUT2D eigenvalue weighted by atomic mass is 79.9. The highest BCUT2D eigenvalue weighted by Gasteiger charge is 2.71. The van der Waals surface area contributed by atoms with Crippen molar-refractivity contribution in [3.05, 3.63) is 40.9 Å². The lowest BCUT2D eigenvalue weighted by molar-refractivity contribution is -0.180. The molecule has 0 radical (unpaired) electrons. The lowest BCUT2D eigenvalue weighted by Crippen LogP contribution is -2.49. The predicted molar refractivity (Wildman–Crippen MR) is 86.1 cm³/mol. The number of hydrogen-bond acceptors (Lipinski definition) is 5. The summed E-state index contributed by atoms with van der Waals surface area (Å²) in [6.07, 6.45) is 2.64. The average molecular weight is 392 g/mol. The fourth-order valence-electron chi connectivity index (χ4n) is 4.17. The zero-order valence-electron chi connectivity index (χ0n) is 12.6. The zero-order valence-corrected chi connectivity index (χ0v) is 14.1. The molecule has 0 spiro atoms. The number of carbonyl (C=O) groups excluding carboxylic acids is 2. The summed E-state index contributed by atoms with van der Waals surface area (Å²) in [5.41, 5.74) is -0.423. The van der Waals surface area contributed by atoms with Gasteiger partial charge in [0, 0.05) is 4.47 Å². The molecule has 2 bridgehead atoms. The summed E-state index contributed by atoms with van der Waals surface area (Å²) < 4.78 is 18.1. The number of ether oxygens (including phenoxy) is 3. The summed E-state index contributed by atoms with van der Waals surface area (Å²) in [4.78, 5) is 27.3. The van der Waals surface area contributed by atoms with E-state index in [9.17, 15) is 9.59 Å². The first-order chi connectivity index (χ1) is 11.6. The molecule has 6 nitrogen and oxygen atoms in total. The Labute approximate surface area is 146 Å². The summed E-state index contributed by atoms with van der Waals surface area (Å²) in [6.45, 7) is 0.925. The van der Waals surface area contributed by atoms with Gasteiger partial charge in [-0.15, -0.1) is 0 Å². The van der Waals surface area contributed by atoms with Gasteiger partial charge >= 0.3 is 0 Å². The number of rotatable bonds is 2. The fourth-order valence-corrected chi connectivity index (χ4v) is 4.43. The van der Waals surface area contributed by atoms with Gasteiger partial charge in [0.15, 0.2) is 11.9 Å². The number of carbonyl (C=O) groups is 2. The van der Waals surface area contributed by atoms with E-state index in [4.69, 9.17) is 14.2 Å². The summed E-state index contributed by atoms with van der Waals surface area (Å²) in [5.74, 6) is -1.59. The Balaban J connectivity index is 1.56. The van der Waals surface area contributed by atoms with E-state index in [1.165, 1.54) is 4.90 Å². The Bertz CT molecular complexity index is 757. The van der Waals surface area contributed by atoms with Crippen molar-refractivity contribution in [2.75, 3.05) is 18.1 Å². The zero-order chi connectivity index (χ0) is 16.5. The Morgan fingerprint density at radius 3 is 2.50 bits per heavy atom. The molecular formula is C17H14BrNO5. The second kappa shape index (κ2) is 4.98. The molecule has 0 aliphatic carbocycles. The van der Waals surface area contributed by atoms with Crippen LogP contribution in [0.3, 0.4) is 0 Å². The molecule has 1 aromatic rings. The molecule has 0 N–H and O–H groups in total. The standard InChI is InChI=1S/C17H14BrNO5/c18-9-1-3-10(4-2-9)19-14(20)12-11-5-6-17(24-11,13(12)15(19)21)16-22-7-8-23-16/h1-6,11-13,16H,7-8H2/t11-,12+,13+,17-/m1/s1. The minimum Gasteiger partial charge on any atom is -0.357 e. The van der Waals surface area contributed by atoms with Gasteiger partial charge in [-0.2, -0.15) is 0 Å². The van der Waals surface area contributed by atoms with Crippen LogP contribution in [-0.2, 0) is 23.8 Å². The maximum absolute atomic E-state index is 13.1. The minimum absolute atomic E-state index is 0.221. The van der Waals surface area contributed by atoms with Crippen LogP contribution >= 0.6 is 15.9 Å². The van der Waals surface area contributed by atoms with E-state index in [2.05, 4.69) is 15.9 Å². The van der Waals surface area contributed by atoms with Gasteiger partial charge in [0.05, 0.1) is 36.8 Å². The molecule has 4 heterocycles. The Kier molecular flexibility index (Phi) is 3.07. The first-order valence-electron chi connectivity index (χ1n) is 7.85. The third-order valence-electron chi connectivity index (χ3n) is 5.15. The lowest BCUT2D eigenvalue weighted by atomic mass is 9.76. The molecule has 124 valence electrons. The van der Waals surface area contributed by atoms with E-state index < -0.39 is 29.8 Å². The first-order valence-corrected chi connectivity index (χ1v) is 8.65. The quantitative estimate of drug-likeness (QED) is 0.566. The summed E-state index contributed by atoms with van der Waals surface area (Å²) in [6, 6.07) is 7.14. The average Bonchev–Trinajstić information content (AvgIpc) is 3.33. The van der Waals surface area contributed by atoms with Crippen LogP contribution in [0.5, 0.6) is 0 Å². The number of nitrogens with zero attached hydrogens (tertiary/aromatic N) is 1. The molecule has 4 aliphatic rings. The van der Waals surface area contributed by atoms with Crippen LogP contribution in [-0.4, -0.2) is 43.0 Å². The van der Waals surface area contributed by atoms with E-state index in [1.807, 2.05) is 24.3 Å². The number of anilines is 1. The summed E-state index contributed by atoms with van der Waals surface area (Å²) in [5, 5.41) is 0. The number of halogens is 1. The molecule has 0 unspecified atom stereocenters. The molecule has 3 saturated heterocycles. The van der Waals surface area contributed by atoms with Crippen LogP contribution in [0.15, 0.2) is 40.9 Å². The molecule has 7 heteroatoms. The van der Waals surface area contributed by atoms with Crippen molar-refractivity contribution in [1.29, 1.82) is 0 Å². The largest absolute Gasteiger partial charge is 0.357 e. The maximum Gasteiger partial charge on any atom is 0.241 e. The van der Waals surface area contributed by atoms with E-state index in [-0.39, 0.29) is 11.8 Å². The van der Waals surface area contributed by atoms with Gasteiger partial charge < -0.3 is 14.2 Å². The van der Waals surface area contributed by atoms with Crippen molar-refractivity contribution in [3.8, 4) is 0 Å². The maximum atomic E-state index is 13.1. The van der Waals surface area contributed by atoms with E-state index in [1.54, 1.807) is 12.1 Å². The van der Waals surface area contributed by atoms with Gasteiger partial charge in [-0.1, -0.05) is 22.0 Å². The van der Waals surface area contributed by atoms with Crippen molar-refractivity contribution in [1.82, 2.24) is 0 Å². The molecule has 1 aromatic carbocycles. The number of fused-ring (bicyclic) bond motifs is 5. The molecule has 4 aliphatic heterocycles. The SMILES string of the molecule is O=C1[C@@H]2[C@@H](C(=O)N1c1ccc(Br)cc1)[C@@]1(C3OCCO3)C=C[C@H]2O1. The van der Waals surface area contributed by atoms with E-state index in [0.29, 0.717) is 18.9 Å². The number of imide groups is 1. The van der Waals surface area contributed by atoms with Crippen molar-refractivity contribution < 1.29 is 23.8 Å². The lowest BCUT2D eigenvalue weighted by Gasteiger charge is -2.32. The van der Waals surface area contributed by atoms with E-state index >= 15 is 0 Å². The van der Waals surface area contributed by atoms with Crippen LogP contribution in [0.4, 0.5) is 5.69 Å². The smallest absolute Gasteiger partial charge is 0.241 e. The predicted octanol–water partition coefficient (Wildman–Crippen LogP) is 1.64. The molecule has 4 atom stereocenters. The topological polar surface area (TPSA) is 65.1 Å². The molecule has 3 fully saturated rings. The van der Waals surface area contributed by atoms with Crippen molar-refractivity contribution in [3.63, 3.8) is 0 Å². The Hall–Kier alpha value is -1.54. The number of benzene rings is 1. The van der Waals surface area contributed by atoms with Crippen molar-refractivity contribution >= 4 is 33.4 Å². The molecule has 0 saturated carbocycles. The molecule has 0 aromatic heterocycles. The van der Waals surface area contributed by atoms with Gasteiger partial charge in [-0.3, -0.25) is 9.59 Å². The van der Waals surface area contributed by atoms with Crippen LogP contribution in [0.1, 0.15) is 0 Å². The van der Waals surface area contributed by atoms with Gasteiger partial charge in [0.25, 0.3) is 0 Å². The van der Waals surface area contributed by atoms with Crippen molar-refractivity contribution in [2.45, 2.75) is 18.0 Å². The van der Waals surface area contributed by atoms with Crippen LogP contribution < -0.4 is 4.90 Å². The summed E-state index contributed by atoms with van der Waals surface area (Å²) >= 11 is 3.36. The van der Waals surface area contributed by atoms with Gasteiger partial charge in [0.1, 0.15) is 0 Å². The van der Waals surface area contributed by atoms with Crippen molar-refractivity contribution in [2.24, 2.45) is 11.8 Å². The second-order valence-electron chi connectivity index (χ2n) is 6.36. The highest BCUT2D eigenvalue weighted by molar-refractivity contribution is 9.10. The van der Waals surface area contributed by atoms with Crippen LogP contribution in [0, 0.1) is 11.8 Å². The number of hydrogen-bond donors (Lipinski definition) is 0. The van der Waals surface area contributed by atoms with Gasteiger partial charge in [-0.25, -0.2) is 4.90 Å². The third-order valence-corrected chi connectivity index (χ3v) is 5.68. The summed E-state index contributed by atoms with van der Waals surface area (Å²) in [7, 11) is 0. The van der Waals surface area contributed by atoms with E-state index in [0.717, 1.165) is 4.47 Å². The molecular weight excluding hydrogens is 378 g/mol. The molecule has 2 amide bonds. The second-order valence-corrected chi connectivity index (χ2v) is 7.28. The monoisotopic (exact) mass is 391 g/mol. The van der Waals surface area contributed by atoms with Crippen LogP contribution in [0.2, 0.25) is 0 Å². The normalized spacial score (nSPS) is 37.7. The Morgan fingerprint density at radius 2 is 1.79 bits per heavy atom. The Morgan fingerprint density at radius 1 is 1.08 bits per heavy atom. The van der Waals surface area contributed by atoms with Crippen LogP contribution in [0.25, 0.3) is 0 Å². The third kappa shape index (κ3) is 1.75. The fraction of sp³-hybridized carbons (Fsp3) is 0.412. The highest BCUT2D eigenvalue weighted by Crippen LogP contribution is 2.55.